The second kappa shape index (κ2) is 8.97. The van der Waals surface area contributed by atoms with Gasteiger partial charge in [-0.25, -0.2) is 4.89 Å². The van der Waals surface area contributed by atoms with Gasteiger partial charge in [0, 0.05) is 4.90 Å². The minimum absolute atomic E-state index is 0.622. The molecule has 3 aromatic carbocycles. The summed E-state index contributed by atoms with van der Waals surface area (Å²) in [5, 5.41) is 8.36. The van der Waals surface area contributed by atoms with Gasteiger partial charge < -0.3 is 0 Å². The zero-order valence-electron chi connectivity index (χ0n) is 13.2. The molecule has 0 aromatic heterocycles. The Hall–Kier alpha value is -1.68. The van der Waals surface area contributed by atoms with Gasteiger partial charge in [-0.3, -0.25) is 0 Å². The Morgan fingerprint density at radius 2 is 1.29 bits per heavy atom. The van der Waals surface area contributed by atoms with Gasteiger partial charge >= 0.3 is 0 Å². The van der Waals surface area contributed by atoms with Gasteiger partial charge in [0.15, 0.2) is 0 Å². The third-order valence-corrected chi connectivity index (χ3v) is 6.32. The van der Waals surface area contributed by atoms with Crippen molar-refractivity contribution in [1.29, 1.82) is 0 Å². The molecule has 0 heterocycles. The lowest BCUT2D eigenvalue weighted by Gasteiger charge is -2.19. The highest BCUT2D eigenvalue weighted by Crippen LogP contribution is 2.34. The molecule has 0 unspecified atom stereocenters. The van der Waals surface area contributed by atoms with E-state index < -0.39 is 7.92 Å². The first-order valence-electron chi connectivity index (χ1n) is 7.43. The highest BCUT2D eigenvalue weighted by atomic mass is 32.2. The molecule has 3 nitrogen and oxygen atoms in total. The second-order valence-corrected chi connectivity index (χ2v) is 7.88. The van der Waals surface area contributed by atoms with Gasteiger partial charge in [-0.2, -0.15) is 0 Å². The summed E-state index contributed by atoms with van der Waals surface area (Å²) in [5.41, 5.74) is 0. The van der Waals surface area contributed by atoms with Crippen LogP contribution in [0.15, 0.2) is 89.8 Å². The first kappa shape index (κ1) is 17.2. The summed E-state index contributed by atoms with van der Waals surface area (Å²) < 4.78 is 4.92. The summed E-state index contributed by atoms with van der Waals surface area (Å²) in [4.78, 5) is 5.40. The average molecular weight is 356 g/mol. The fourth-order valence-electron chi connectivity index (χ4n) is 2.36. The summed E-state index contributed by atoms with van der Waals surface area (Å²) in [6.45, 7) is 0. The Kier molecular flexibility index (Phi) is 6.41. The van der Waals surface area contributed by atoms with Gasteiger partial charge in [0.25, 0.3) is 0 Å². The van der Waals surface area contributed by atoms with Crippen LogP contribution in [-0.4, -0.2) is 7.11 Å². The van der Waals surface area contributed by atoms with Gasteiger partial charge in [-0.05, 0) is 36.0 Å². The summed E-state index contributed by atoms with van der Waals surface area (Å²) in [6, 6.07) is 29.5. The molecule has 0 bridgehead atoms. The maximum atomic E-state index is 4.92. The minimum Gasteiger partial charge on any atom is -0.209 e. The van der Waals surface area contributed by atoms with Gasteiger partial charge in [0.2, 0.25) is 0 Å². The molecule has 0 N–H and O–H groups in total. The quantitative estimate of drug-likeness (QED) is 0.211. The fraction of sp³-hybridized carbons (Fsp3) is 0.0526. The molecule has 0 aliphatic heterocycles. The van der Waals surface area contributed by atoms with E-state index in [4.69, 9.17) is 4.33 Å². The molecule has 122 valence electrons. The third kappa shape index (κ3) is 4.44. The van der Waals surface area contributed by atoms with Crippen LogP contribution in [0.2, 0.25) is 0 Å². The number of benzene rings is 3. The maximum Gasteiger partial charge on any atom is 0.0744 e. The number of hydrogen-bond acceptors (Lipinski definition) is 4. The molecular weight excluding hydrogens is 339 g/mol. The first-order valence-corrected chi connectivity index (χ1v) is 9.51. The zero-order chi connectivity index (χ0) is 16.6. The molecule has 0 radical (unpaired) electrons. The molecule has 3 rings (SSSR count). The van der Waals surface area contributed by atoms with Crippen molar-refractivity contribution in [2.75, 3.05) is 7.11 Å². The topological polar surface area (TPSA) is 27.7 Å². The molecule has 3 aromatic rings. The molecule has 0 atom stereocenters. The Morgan fingerprint density at radius 3 is 1.88 bits per heavy atom. The maximum absolute atomic E-state index is 4.92. The van der Waals surface area contributed by atoms with Gasteiger partial charge in [0.1, 0.15) is 0 Å². The van der Waals surface area contributed by atoms with E-state index in [0.29, 0.717) is 0 Å². The molecule has 0 saturated carbocycles. The Morgan fingerprint density at radius 1 is 0.708 bits per heavy atom. The van der Waals surface area contributed by atoms with Crippen molar-refractivity contribution < 1.29 is 14.3 Å². The largest absolute Gasteiger partial charge is 0.209 e. The highest BCUT2D eigenvalue weighted by molar-refractivity contribution is 7.94. The van der Waals surface area contributed by atoms with Crippen LogP contribution in [0.5, 0.6) is 0 Å². The second-order valence-electron chi connectivity index (χ2n) is 4.89. The lowest BCUT2D eigenvalue weighted by molar-refractivity contribution is -0.447. The van der Waals surface area contributed by atoms with E-state index in [1.807, 2.05) is 24.3 Å². The predicted octanol–water partition coefficient (Wildman–Crippen LogP) is 3.96. The predicted molar refractivity (Wildman–Crippen MR) is 100 cm³/mol. The van der Waals surface area contributed by atoms with Crippen LogP contribution in [0.4, 0.5) is 0 Å². The van der Waals surface area contributed by atoms with Crippen LogP contribution in [0.3, 0.4) is 0 Å². The number of rotatable bonds is 7. The molecule has 0 aliphatic carbocycles. The van der Waals surface area contributed by atoms with Crippen LogP contribution < -0.4 is 15.9 Å². The molecule has 0 amide bonds. The molecular formula is C19H17O3PS. The van der Waals surface area contributed by atoms with Crippen molar-refractivity contribution in [3.05, 3.63) is 84.9 Å². The molecule has 0 spiro atoms. The van der Waals surface area contributed by atoms with Crippen molar-refractivity contribution >= 4 is 35.9 Å². The van der Waals surface area contributed by atoms with E-state index in [1.54, 1.807) is 0 Å². The van der Waals surface area contributed by atoms with Crippen molar-refractivity contribution in [2.24, 2.45) is 0 Å². The lowest BCUT2D eigenvalue weighted by atomic mass is 10.3. The standard InChI is InChI=1S/C19H17O3PS/c1-20-21-22-24-19-14-8-13-18(15-19)23(16-9-4-2-5-10-16)17-11-6-3-7-12-17/h2-15H,1H3. The molecule has 24 heavy (non-hydrogen) atoms. The van der Waals surface area contributed by atoms with Crippen molar-refractivity contribution in [3.8, 4) is 0 Å². The Bertz CT molecular complexity index is 713. The van der Waals surface area contributed by atoms with Crippen LogP contribution in [0, 0.1) is 0 Å². The molecule has 0 aliphatic rings. The van der Waals surface area contributed by atoms with E-state index in [1.165, 1.54) is 23.0 Å². The summed E-state index contributed by atoms with van der Waals surface area (Å²) in [7, 11) is 0.782. The van der Waals surface area contributed by atoms with Crippen LogP contribution in [0.1, 0.15) is 0 Å². The van der Waals surface area contributed by atoms with Crippen LogP contribution in [0.25, 0.3) is 0 Å². The minimum atomic E-state index is -0.622. The van der Waals surface area contributed by atoms with E-state index >= 15 is 0 Å². The smallest absolute Gasteiger partial charge is 0.0744 e. The van der Waals surface area contributed by atoms with E-state index in [-0.39, 0.29) is 0 Å². The summed E-state index contributed by atoms with van der Waals surface area (Å²) in [6.07, 6.45) is 0. The Balaban J connectivity index is 1.96. The van der Waals surface area contributed by atoms with E-state index in [2.05, 4.69) is 70.6 Å². The van der Waals surface area contributed by atoms with Gasteiger partial charge in [-0.1, -0.05) is 77.8 Å². The number of hydrogen-bond donors (Lipinski definition) is 0. The Labute approximate surface area is 147 Å². The van der Waals surface area contributed by atoms with Crippen molar-refractivity contribution in [1.82, 2.24) is 0 Å². The van der Waals surface area contributed by atoms with Crippen molar-refractivity contribution in [3.63, 3.8) is 0 Å². The average Bonchev–Trinajstić information content (AvgIpc) is 2.64. The monoisotopic (exact) mass is 356 g/mol. The van der Waals surface area contributed by atoms with E-state index in [9.17, 15) is 0 Å². The fourth-order valence-corrected chi connectivity index (χ4v) is 5.25. The zero-order valence-corrected chi connectivity index (χ0v) is 14.9. The molecule has 0 fully saturated rings. The normalized spacial score (nSPS) is 10.9. The van der Waals surface area contributed by atoms with Crippen LogP contribution >= 0.6 is 20.0 Å². The van der Waals surface area contributed by atoms with Crippen molar-refractivity contribution in [2.45, 2.75) is 4.90 Å². The lowest BCUT2D eigenvalue weighted by Crippen LogP contribution is -2.20. The third-order valence-electron chi connectivity index (χ3n) is 3.33. The highest BCUT2D eigenvalue weighted by Gasteiger charge is 2.16. The van der Waals surface area contributed by atoms with Gasteiger partial charge in [-0.15, -0.1) is 4.33 Å². The van der Waals surface area contributed by atoms with E-state index in [0.717, 1.165) is 16.9 Å². The van der Waals surface area contributed by atoms with Gasteiger partial charge in [0.05, 0.1) is 19.2 Å². The molecule has 5 heteroatoms. The SMILES string of the molecule is COOOSc1cccc(P(c2ccccc2)c2ccccc2)c1. The summed E-state index contributed by atoms with van der Waals surface area (Å²) in [5.74, 6) is 0. The first-order chi connectivity index (χ1) is 11.9. The summed E-state index contributed by atoms with van der Waals surface area (Å²) >= 11 is 1.13. The molecule has 0 saturated heterocycles. The van der Waals surface area contributed by atoms with Crippen LogP contribution in [-0.2, 0) is 14.3 Å².